The summed E-state index contributed by atoms with van der Waals surface area (Å²) in [4.78, 5) is 0. The van der Waals surface area contributed by atoms with Crippen LogP contribution in [0.15, 0.2) is 30.3 Å². The van der Waals surface area contributed by atoms with E-state index in [-0.39, 0.29) is 13.0 Å². The Hall–Kier alpha value is -0.890. The lowest BCUT2D eigenvalue weighted by atomic mass is 9.87. The largest absolute Gasteiger partial charge is 0.396 e. The summed E-state index contributed by atoms with van der Waals surface area (Å²) in [5, 5.41) is 9.10. The monoisotopic (exact) mass is 266 g/mol. The maximum Gasteiger partial charge on any atom is 0.138 e. The van der Waals surface area contributed by atoms with E-state index in [0.29, 0.717) is 12.0 Å². The highest BCUT2D eigenvalue weighted by Gasteiger charge is 2.30. The van der Waals surface area contributed by atoms with Crippen LogP contribution in [-0.2, 0) is 5.67 Å². The van der Waals surface area contributed by atoms with Crippen molar-refractivity contribution in [2.24, 2.45) is 0 Å². The summed E-state index contributed by atoms with van der Waals surface area (Å²) >= 11 is 0. The van der Waals surface area contributed by atoms with Gasteiger partial charge in [0.25, 0.3) is 0 Å². The van der Waals surface area contributed by atoms with E-state index in [0.717, 1.165) is 12.8 Å². The number of aliphatic hydroxyl groups is 1. The Labute approximate surface area is 116 Å². The van der Waals surface area contributed by atoms with Gasteiger partial charge in [0.05, 0.1) is 0 Å². The molecular weight excluding hydrogens is 239 g/mol. The maximum atomic E-state index is 14.9. The number of alkyl halides is 1. The Morgan fingerprint density at radius 2 is 1.58 bits per heavy atom. The predicted molar refractivity (Wildman–Crippen MR) is 78.9 cm³/mol. The fraction of sp³-hybridized carbons (Fsp3) is 0.647. The number of halogens is 1. The SMILES string of the molecule is CCCCCCCC[C@@](F)(CCO)c1ccccc1. The first-order valence-electron chi connectivity index (χ1n) is 7.58. The summed E-state index contributed by atoms with van der Waals surface area (Å²) in [7, 11) is 0. The van der Waals surface area contributed by atoms with Crippen LogP contribution in [0.1, 0.15) is 63.9 Å². The molecule has 0 aliphatic carbocycles. The third kappa shape index (κ3) is 5.73. The fourth-order valence-corrected chi connectivity index (χ4v) is 2.51. The fourth-order valence-electron chi connectivity index (χ4n) is 2.51. The van der Waals surface area contributed by atoms with Crippen LogP contribution in [0.5, 0.6) is 0 Å². The Morgan fingerprint density at radius 1 is 0.947 bits per heavy atom. The lowest BCUT2D eigenvalue weighted by Crippen LogP contribution is -2.21. The summed E-state index contributed by atoms with van der Waals surface area (Å²) in [5.41, 5.74) is -0.654. The van der Waals surface area contributed by atoms with Crippen molar-refractivity contribution >= 4 is 0 Å². The predicted octanol–water partition coefficient (Wildman–Crippen LogP) is 4.98. The average molecular weight is 266 g/mol. The van der Waals surface area contributed by atoms with Crippen molar-refractivity contribution in [2.75, 3.05) is 6.61 Å². The van der Waals surface area contributed by atoms with Crippen molar-refractivity contribution in [3.63, 3.8) is 0 Å². The number of aliphatic hydroxyl groups excluding tert-OH is 1. The van der Waals surface area contributed by atoms with E-state index < -0.39 is 5.67 Å². The Morgan fingerprint density at radius 3 is 2.21 bits per heavy atom. The normalized spacial score (nSPS) is 14.3. The molecule has 108 valence electrons. The van der Waals surface area contributed by atoms with Crippen LogP contribution in [0.25, 0.3) is 0 Å². The van der Waals surface area contributed by atoms with Crippen molar-refractivity contribution in [3.8, 4) is 0 Å². The van der Waals surface area contributed by atoms with Gasteiger partial charge >= 0.3 is 0 Å². The van der Waals surface area contributed by atoms with E-state index >= 15 is 0 Å². The number of hydrogen-bond donors (Lipinski definition) is 1. The number of hydrogen-bond acceptors (Lipinski definition) is 1. The lowest BCUT2D eigenvalue weighted by molar-refractivity contribution is 0.0994. The molecule has 0 bridgehead atoms. The van der Waals surface area contributed by atoms with Gasteiger partial charge in [-0.3, -0.25) is 0 Å². The quantitative estimate of drug-likeness (QED) is 0.592. The summed E-state index contributed by atoms with van der Waals surface area (Å²) in [6.07, 6.45) is 7.66. The molecule has 0 saturated carbocycles. The van der Waals surface area contributed by atoms with Gasteiger partial charge in [0.15, 0.2) is 0 Å². The van der Waals surface area contributed by atoms with Gasteiger partial charge in [0.1, 0.15) is 5.67 Å². The molecule has 0 saturated heterocycles. The molecule has 1 rings (SSSR count). The highest BCUT2D eigenvalue weighted by atomic mass is 19.1. The molecule has 0 radical (unpaired) electrons. The van der Waals surface area contributed by atoms with Gasteiger partial charge in [-0.1, -0.05) is 69.4 Å². The van der Waals surface area contributed by atoms with E-state index in [1.165, 1.54) is 25.7 Å². The third-order valence-electron chi connectivity index (χ3n) is 3.73. The molecule has 1 aromatic rings. The molecule has 0 unspecified atom stereocenters. The second kappa shape index (κ2) is 9.08. The minimum Gasteiger partial charge on any atom is -0.396 e. The standard InChI is InChI=1S/C17H27FO/c1-2-3-4-5-6-10-13-17(18,14-15-19)16-11-8-7-9-12-16/h7-9,11-12,19H,2-6,10,13-15H2,1H3/t17-/m1/s1. The zero-order chi connectivity index (χ0) is 14.0. The van der Waals surface area contributed by atoms with E-state index in [9.17, 15) is 4.39 Å². The van der Waals surface area contributed by atoms with Gasteiger partial charge in [0.2, 0.25) is 0 Å². The molecule has 0 aliphatic heterocycles. The summed E-state index contributed by atoms with van der Waals surface area (Å²) in [6, 6.07) is 9.28. The third-order valence-corrected chi connectivity index (χ3v) is 3.73. The van der Waals surface area contributed by atoms with Gasteiger partial charge < -0.3 is 5.11 Å². The minimum absolute atomic E-state index is 0.0960. The first-order valence-corrected chi connectivity index (χ1v) is 7.58. The van der Waals surface area contributed by atoms with E-state index in [1.54, 1.807) is 0 Å². The van der Waals surface area contributed by atoms with Crippen LogP contribution in [0.3, 0.4) is 0 Å². The van der Waals surface area contributed by atoms with E-state index in [4.69, 9.17) is 5.11 Å². The number of unbranched alkanes of at least 4 members (excludes halogenated alkanes) is 5. The Balaban J connectivity index is 2.44. The maximum absolute atomic E-state index is 14.9. The van der Waals surface area contributed by atoms with Gasteiger partial charge in [-0.05, 0) is 18.4 Å². The van der Waals surface area contributed by atoms with E-state index in [2.05, 4.69) is 6.92 Å². The zero-order valence-corrected chi connectivity index (χ0v) is 12.1. The van der Waals surface area contributed by atoms with Crippen LogP contribution in [-0.4, -0.2) is 11.7 Å². The second-order valence-electron chi connectivity index (χ2n) is 5.32. The van der Waals surface area contributed by atoms with Crippen LogP contribution in [0, 0.1) is 0 Å². The van der Waals surface area contributed by atoms with Crippen molar-refractivity contribution in [1.29, 1.82) is 0 Å². The molecule has 0 heterocycles. The minimum atomic E-state index is -1.36. The number of rotatable bonds is 10. The van der Waals surface area contributed by atoms with Gasteiger partial charge in [-0.2, -0.15) is 0 Å². The Kier molecular flexibility index (Phi) is 7.73. The smallest absolute Gasteiger partial charge is 0.138 e. The molecular formula is C17H27FO. The van der Waals surface area contributed by atoms with Crippen LogP contribution in [0.4, 0.5) is 4.39 Å². The van der Waals surface area contributed by atoms with E-state index in [1.807, 2.05) is 30.3 Å². The molecule has 1 N–H and O–H groups in total. The van der Waals surface area contributed by atoms with Crippen molar-refractivity contribution in [3.05, 3.63) is 35.9 Å². The first-order chi connectivity index (χ1) is 9.23. The molecule has 1 atom stereocenters. The molecule has 0 aliphatic rings. The summed E-state index contributed by atoms with van der Waals surface area (Å²) in [6.45, 7) is 2.10. The molecule has 1 nitrogen and oxygen atoms in total. The summed E-state index contributed by atoms with van der Waals surface area (Å²) < 4.78 is 14.9. The molecule has 0 aromatic heterocycles. The highest BCUT2D eigenvalue weighted by Crippen LogP contribution is 2.35. The average Bonchev–Trinajstić information content (AvgIpc) is 2.44. The van der Waals surface area contributed by atoms with Crippen LogP contribution in [0.2, 0.25) is 0 Å². The zero-order valence-electron chi connectivity index (χ0n) is 12.1. The first kappa shape index (κ1) is 16.2. The molecule has 0 fully saturated rings. The van der Waals surface area contributed by atoms with Gasteiger partial charge in [-0.15, -0.1) is 0 Å². The highest BCUT2D eigenvalue weighted by molar-refractivity contribution is 5.22. The lowest BCUT2D eigenvalue weighted by Gasteiger charge is -2.25. The second-order valence-corrected chi connectivity index (χ2v) is 5.32. The number of benzene rings is 1. The van der Waals surface area contributed by atoms with Crippen LogP contribution < -0.4 is 0 Å². The van der Waals surface area contributed by atoms with Crippen molar-refractivity contribution in [2.45, 2.75) is 64.0 Å². The Bertz CT molecular complexity index is 325. The van der Waals surface area contributed by atoms with Crippen LogP contribution >= 0.6 is 0 Å². The van der Waals surface area contributed by atoms with Crippen molar-refractivity contribution in [1.82, 2.24) is 0 Å². The molecule has 0 spiro atoms. The molecule has 19 heavy (non-hydrogen) atoms. The molecule has 2 heteroatoms. The summed E-state index contributed by atoms with van der Waals surface area (Å²) in [5.74, 6) is 0. The molecule has 0 amide bonds. The molecule has 1 aromatic carbocycles. The van der Waals surface area contributed by atoms with Gasteiger partial charge in [0, 0.05) is 13.0 Å². The van der Waals surface area contributed by atoms with Crippen molar-refractivity contribution < 1.29 is 9.50 Å². The topological polar surface area (TPSA) is 20.2 Å². The van der Waals surface area contributed by atoms with Gasteiger partial charge in [-0.25, -0.2) is 4.39 Å².